The average molecular weight is 350 g/mol. The van der Waals surface area contributed by atoms with Crippen LogP contribution in [0.1, 0.15) is 41.4 Å². The molecular weight excluding hydrogens is 328 g/mol. The SMILES string of the molecule is COc1ccc(CN2[C@H]3CC[C@@H]2c2cnc4cc(C)nn4c2C3)c(O)c1. The molecule has 1 aromatic carbocycles. The van der Waals surface area contributed by atoms with E-state index in [1.54, 1.807) is 13.2 Å². The van der Waals surface area contributed by atoms with E-state index >= 15 is 0 Å². The van der Waals surface area contributed by atoms with Crippen LogP contribution in [0.3, 0.4) is 0 Å². The number of phenols is 1. The highest BCUT2D eigenvalue weighted by Gasteiger charge is 2.41. The first-order chi connectivity index (χ1) is 12.6. The van der Waals surface area contributed by atoms with Crippen LogP contribution in [0.15, 0.2) is 30.5 Å². The second-order valence-corrected chi connectivity index (χ2v) is 7.33. The second kappa shape index (κ2) is 5.71. The number of aromatic hydroxyl groups is 1. The molecule has 1 fully saturated rings. The highest BCUT2D eigenvalue weighted by Crippen LogP contribution is 2.44. The predicted octanol–water partition coefficient (Wildman–Crippen LogP) is 3.01. The number of phenolic OH excluding ortho intramolecular Hbond substituents is 1. The largest absolute Gasteiger partial charge is 0.507 e. The molecule has 6 nitrogen and oxygen atoms in total. The Balaban J connectivity index is 1.51. The van der Waals surface area contributed by atoms with Crippen molar-refractivity contribution in [2.75, 3.05) is 7.11 Å². The monoisotopic (exact) mass is 350 g/mol. The standard InChI is InChI=1S/C20H22N4O2/c1-12-7-20-21-10-16-17-6-4-14(8-18(16)24(20)22-12)23(17)11-13-3-5-15(26-2)9-19(13)25/h3,5,7,9-10,14,17,25H,4,6,8,11H2,1-2H3/t14-,17+/m0/s1. The van der Waals surface area contributed by atoms with Crippen LogP contribution in [-0.2, 0) is 13.0 Å². The van der Waals surface area contributed by atoms with Crippen molar-refractivity contribution >= 4 is 5.65 Å². The van der Waals surface area contributed by atoms with Gasteiger partial charge in [0.1, 0.15) is 11.5 Å². The predicted molar refractivity (Wildman–Crippen MR) is 97.4 cm³/mol. The van der Waals surface area contributed by atoms with E-state index in [1.165, 1.54) is 11.3 Å². The van der Waals surface area contributed by atoms with Crippen LogP contribution in [0.4, 0.5) is 0 Å². The first-order valence-corrected chi connectivity index (χ1v) is 9.10. The van der Waals surface area contributed by atoms with Crippen LogP contribution in [0.25, 0.3) is 5.65 Å². The third-order valence-corrected chi connectivity index (χ3v) is 5.81. The molecule has 134 valence electrons. The fraction of sp³-hybridized carbons (Fsp3) is 0.400. The Bertz CT molecular complexity index is 997. The number of benzene rings is 1. The van der Waals surface area contributed by atoms with E-state index in [2.05, 4.69) is 15.0 Å². The van der Waals surface area contributed by atoms with Crippen molar-refractivity contribution in [3.8, 4) is 11.5 Å². The Kier molecular flexibility index (Phi) is 3.43. The maximum absolute atomic E-state index is 10.4. The zero-order valence-corrected chi connectivity index (χ0v) is 15.0. The molecule has 2 aromatic heterocycles. The summed E-state index contributed by atoms with van der Waals surface area (Å²) in [5, 5.41) is 15.0. The lowest BCUT2D eigenvalue weighted by Gasteiger charge is -2.36. The van der Waals surface area contributed by atoms with Gasteiger partial charge in [-0.25, -0.2) is 9.50 Å². The Hall–Kier alpha value is -2.60. The molecule has 2 aliphatic rings. The fourth-order valence-electron chi connectivity index (χ4n) is 4.54. The van der Waals surface area contributed by atoms with E-state index in [-0.39, 0.29) is 0 Å². The topological polar surface area (TPSA) is 62.9 Å². The Morgan fingerprint density at radius 3 is 2.96 bits per heavy atom. The lowest BCUT2D eigenvalue weighted by Crippen LogP contribution is -2.38. The van der Waals surface area contributed by atoms with E-state index in [0.29, 0.717) is 23.6 Å². The Morgan fingerprint density at radius 1 is 1.27 bits per heavy atom. The van der Waals surface area contributed by atoms with Gasteiger partial charge in [-0.3, -0.25) is 4.90 Å². The maximum atomic E-state index is 10.4. The van der Waals surface area contributed by atoms with E-state index in [9.17, 15) is 5.11 Å². The normalized spacial score (nSPS) is 21.9. The summed E-state index contributed by atoms with van der Waals surface area (Å²) in [5.41, 5.74) is 5.45. The van der Waals surface area contributed by atoms with Gasteiger partial charge in [0, 0.05) is 54.5 Å². The van der Waals surface area contributed by atoms with Gasteiger partial charge in [0.15, 0.2) is 5.65 Å². The summed E-state index contributed by atoms with van der Waals surface area (Å²) in [7, 11) is 1.61. The number of aromatic nitrogens is 3. The Labute approximate surface area is 152 Å². The zero-order valence-electron chi connectivity index (χ0n) is 15.0. The van der Waals surface area contributed by atoms with Gasteiger partial charge in [-0.1, -0.05) is 6.07 Å². The molecule has 0 unspecified atom stereocenters. The summed E-state index contributed by atoms with van der Waals surface area (Å²) >= 11 is 0. The molecule has 2 atom stereocenters. The molecule has 1 N–H and O–H groups in total. The molecule has 0 saturated carbocycles. The van der Waals surface area contributed by atoms with Gasteiger partial charge in [-0.05, 0) is 25.8 Å². The summed E-state index contributed by atoms with van der Waals surface area (Å²) in [5.74, 6) is 0.977. The first kappa shape index (κ1) is 15.6. The van der Waals surface area contributed by atoms with E-state index in [1.807, 2.05) is 35.8 Å². The number of ether oxygens (including phenoxy) is 1. The van der Waals surface area contributed by atoms with Crippen molar-refractivity contribution in [2.24, 2.45) is 0 Å². The summed E-state index contributed by atoms with van der Waals surface area (Å²) in [4.78, 5) is 7.13. The van der Waals surface area contributed by atoms with Gasteiger partial charge in [0.2, 0.25) is 0 Å². The third kappa shape index (κ3) is 2.29. The molecule has 26 heavy (non-hydrogen) atoms. The molecule has 3 aromatic rings. The quantitative estimate of drug-likeness (QED) is 0.787. The molecule has 4 heterocycles. The smallest absolute Gasteiger partial charge is 0.155 e. The van der Waals surface area contributed by atoms with Crippen molar-refractivity contribution in [3.05, 3.63) is 53.0 Å². The van der Waals surface area contributed by atoms with E-state index in [4.69, 9.17) is 4.74 Å². The van der Waals surface area contributed by atoms with Crippen LogP contribution in [0, 0.1) is 6.92 Å². The average Bonchev–Trinajstić information content (AvgIpc) is 3.14. The molecule has 6 heteroatoms. The number of nitrogens with zero attached hydrogens (tertiary/aromatic N) is 4. The lowest BCUT2D eigenvalue weighted by molar-refractivity contribution is 0.163. The summed E-state index contributed by atoms with van der Waals surface area (Å²) in [6.45, 7) is 2.75. The summed E-state index contributed by atoms with van der Waals surface area (Å²) < 4.78 is 7.22. The van der Waals surface area contributed by atoms with Crippen molar-refractivity contribution < 1.29 is 9.84 Å². The molecule has 1 saturated heterocycles. The zero-order chi connectivity index (χ0) is 17.8. The molecule has 2 aliphatic heterocycles. The van der Waals surface area contributed by atoms with Gasteiger partial charge >= 0.3 is 0 Å². The highest BCUT2D eigenvalue weighted by molar-refractivity contribution is 5.45. The molecular formula is C20H22N4O2. The Morgan fingerprint density at radius 2 is 2.15 bits per heavy atom. The molecule has 0 amide bonds. The highest BCUT2D eigenvalue weighted by atomic mass is 16.5. The molecule has 0 radical (unpaired) electrons. The molecule has 5 rings (SSSR count). The summed E-state index contributed by atoms with van der Waals surface area (Å²) in [6.07, 6.45) is 5.29. The number of hydrogen-bond acceptors (Lipinski definition) is 5. The van der Waals surface area contributed by atoms with Crippen LogP contribution in [0.2, 0.25) is 0 Å². The number of hydrogen-bond donors (Lipinski definition) is 1. The fourth-order valence-corrected chi connectivity index (χ4v) is 4.54. The summed E-state index contributed by atoms with van der Waals surface area (Å²) in [6, 6.07) is 8.40. The number of rotatable bonds is 3. The van der Waals surface area contributed by atoms with Crippen LogP contribution in [0.5, 0.6) is 11.5 Å². The second-order valence-electron chi connectivity index (χ2n) is 7.33. The van der Waals surface area contributed by atoms with Crippen molar-refractivity contribution in [1.29, 1.82) is 0 Å². The van der Waals surface area contributed by atoms with Gasteiger partial charge in [-0.2, -0.15) is 5.10 Å². The minimum atomic E-state index is 0.297. The van der Waals surface area contributed by atoms with Gasteiger partial charge in [0.25, 0.3) is 0 Å². The van der Waals surface area contributed by atoms with Crippen LogP contribution in [-0.4, -0.2) is 37.8 Å². The van der Waals surface area contributed by atoms with Crippen molar-refractivity contribution in [3.63, 3.8) is 0 Å². The van der Waals surface area contributed by atoms with Crippen molar-refractivity contribution in [2.45, 2.75) is 44.8 Å². The number of fused-ring (bicyclic) bond motifs is 6. The van der Waals surface area contributed by atoms with Crippen LogP contribution < -0.4 is 4.74 Å². The van der Waals surface area contributed by atoms with Crippen LogP contribution >= 0.6 is 0 Å². The van der Waals surface area contributed by atoms with Crippen molar-refractivity contribution in [1.82, 2.24) is 19.5 Å². The van der Waals surface area contributed by atoms with E-state index in [0.717, 1.165) is 42.7 Å². The minimum absolute atomic E-state index is 0.297. The number of methoxy groups -OCH3 is 1. The minimum Gasteiger partial charge on any atom is -0.507 e. The van der Waals surface area contributed by atoms with Gasteiger partial charge in [0.05, 0.1) is 18.5 Å². The molecule has 0 aliphatic carbocycles. The third-order valence-electron chi connectivity index (χ3n) is 5.81. The van der Waals surface area contributed by atoms with E-state index < -0.39 is 0 Å². The number of aryl methyl sites for hydroxylation is 1. The molecule has 2 bridgehead atoms. The lowest BCUT2D eigenvalue weighted by atomic mass is 9.98. The molecule has 0 spiro atoms. The van der Waals surface area contributed by atoms with Gasteiger partial charge < -0.3 is 9.84 Å². The first-order valence-electron chi connectivity index (χ1n) is 9.10. The maximum Gasteiger partial charge on any atom is 0.155 e. The van der Waals surface area contributed by atoms with Gasteiger partial charge in [-0.15, -0.1) is 0 Å².